The maximum Gasteiger partial charge on any atom is 0.196 e. The topological polar surface area (TPSA) is 39.9 Å². The third kappa shape index (κ3) is 3.74. The van der Waals surface area contributed by atoms with Gasteiger partial charge in [0.15, 0.2) is 5.16 Å². The van der Waals surface area contributed by atoms with Crippen LogP contribution in [0.3, 0.4) is 0 Å². The van der Waals surface area contributed by atoms with Gasteiger partial charge in [0.1, 0.15) is 11.6 Å². The van der Waals surface area contributed by atoms with Crippen LogP contribution in [-0.4, -0.2) is 21.4 Å². The second kappa shape index (κ2) is 7.73. The molecule has 124 valence electrons. The number of benzene rings is 2. The molecule has 0 saturated heterocycles. The Bertz CT molecular complexity index is 817. The van der Waals surface area contributed by atoms with E-state index in [1.165, 1.54) is 0 Å². The van der Waals surface area contributed by atoms with Gasteiger partial charge in [0.05, 0.1) is 6.61 Å². The molecule has 6 heteroatoms. The van der Waals surface area contributed by atoms with E-state index >= 15 is 0 Å². The first-order chi connectivity index (χ1) is 11.7. The lowest BCUT2D eigenvalue weighted by molar-refractivity contribution is 0.340. The number of nitrogens with zero attached hydrogens (tertiary/aromatic N) is 3. The minimum Gasteiger partial charge on any atom is -0.494 e. The number of rotatable bonds is 6. The van der Waals surface area contributed by atoms with E-state index in [-0.39, 0.29) is 0 Å². The van der Waals surface area contributed by atoms with Gasteiger partial charge in [0.2, 0.25) is 0 Å². The van der Waals surface area contributed by atoms with E-state index in [1.54, 1.807) is 11.8 Å². The maximum absolute atomic E-state index is 6.23. The molecule has 4 nitrogen and oxygen atoms in total. The predicted molar refractivity (Wildman–Crippen MR) is 98.3 cm³/mol. The molecular weight excluding hydrogens is 342 g/mol. The summed E-state index contributed by atoms with van der Waals surface area (Å²) in [6.07, 6.45) is 0. The standard InChI is InChI=1S/C18H18ClN3OS/c1-3-23-16-10-8-15(9-11-16)22-13(2)20-21-18(22)24-12-14-6-4-5-7-17(14)19/h4-11H,3,12H2,1-2H3. The van der Waals surface area contributed by atoms with E-state index in [0.29, 0.717) is 6.61 Å². The number of aromatic nitrogens is 3. The van der Waals surface area contributed by atoms with Crippen LogP contribution in [-0.2, 0) is 5.75 Å². The number of halogens is 1. The Labute approximate surface area is 150 Å². The quantitative estimate of drug-likeness (QED) is 0.585. The molecule has 1 heterocycles. The molecule has 3 rings (SSSR count). The van der Waals surface area contributed by atoms with Gasteiger partial charge in [0.25, 0.3) is 0 Å². The summed E-state index contributed by atoms with van der Waals surface area (Å²) in [4.78, 5) is 0. The normalized spacial score (nSPS) is 10.8. The van der Waals surface area contributed by atoms with Crippen molar-refractivity contribution in [2.45, 2.75) is 24.8 Å². The van der Waals surface area contributed by atoms with Crippen molar-refractivity contribution in [2.75, 3.05) is 6.61 Å². The van der Waals surface area contributed by atoms with Crippen LogP contribution in [0.15, 0.2) is 53.7 Å². The van der Waals surface area contributed by atoms with Crippen molar-refractivity contribution in [1.82, 2.24) is 14.8 Å². The summed E-state index contributed by atoms with van der Waals surface area (Å²) < 4.78 is 7.54. The molecular formula is C18H18ClN3OS. The van der Waals surface area contributed by atoms with Crippen molar-refractivity contribution in [2.24, 2.45) is 0 Å². The van der Waals surface area contributed by atoms with Crippen LogP contribution in [0.4, 0.5) is 0 Å². The molecule has 0 unspecified atom stereocenters. The number of thioether (sulfide) groups is 1. The molecule has 0 aliphatic rings. The fourth-order valence-electron chi connectivity index (χ4n) is 2.35. The number of aryl methyl sites for hydroxylation is 1. The summed E-state index contributed by atoms with van der Waals surface area (Å²) in [6.45, 7) is 4.58. The summed E-state index contributed by atoms with van der Waals surface area (Å²) in [5, 5.41) is 10.1. The third-order valence-corrected chi connectivity index (χ3v) is 4.86. The van der Waals surface area contributed by atoms with Crippen molar-refractivity contribution in [1.29, 1.82) is 0 Å². The van der Waals surface area contributed by atoms with E-state index in [0.717, 1.165) is 38.8 Å². The van der Waals surface area contributed by atoms with Crippen molar-refractivity contribution in [3.8, 4) is 11.4 Å². The summed E-state index contributed by atoms with van der Waals surface area (Å²) in [5.41, 5.74) is 2.10. The van der Waals surface area contributed by atoms with Crippen LogP contribution in [0.5, 0.6) is 5.75 Å². The largest absolute Gasteiger partial charge is 0.494 e. The molecule has 0 aliphatic carbocycles. The van der Waals surface area contributed by atoms with E-state index < -0.39 is 0 Å². The van der Waals surface area contributed by atoms with Gasteiger partial charge in [-0.05, 0) is 49.7 Å². The Morgan fingerprint density at radius 2 is 1.83 bits per heavy atom. The first-order valence-electron chi connectivity index (χ1n) is 7.70. The summed E-state index contributed by atoms with van der Waals surface area (Å²) in [6, 6.07) is 15.8. The van der Waals surface area contributed by atoms with Gasteiger partial charge < -0.3 is 4.74 Å². The zero-order valence-electron chi connectivity index (χ0n) is 13.6. The minimum atomic E-state index is 0.657. The predicted octanol–water partition coefficient (Wildman–Crippen LogP) is 4.92. The van der Waals surface area contributed by atoms with Crippen molar-refractivity contribution in [3.63, 3.8) is 0 Å². The van der Waals surface area contributed by atoms with Crippen LogP contribution in [0.1, 0.15) is 18.3 Å². The van der Waals surface area contributed by atoms with Crippen molar-refractivity contribution >= 4 is 23.4 Å². The summed E-state index contributed by atoms with van der Waals surface area (Å²) in [5.74, 6) is 2.45. The molecule has 24 heavy (non-hydrogen) atoms. The molecule has 0 atom stereocenters. The fourth-order valence-corrected chi connectivity index (χ4v) is 3.63. The molecule has 0 saturated carbocycles. The van der Waals surface area contributed by atoms with Gasteiger partial charge in [-0.3, -0.25) is 4.57 Å². The average Bonchev–Trinajstić information content (AvgIpc) is 2.96. The van der Waals surface area contributed by atoms with Crippen LogP contribution >= 0.6 is 23.4 Å². The SMILES string of the molecule is CCOc1ccc(-n2c(C)nnc2SCc2ccccc2Cl)cc1. The lowest BCUT2D eigenvalue weighted by Gasteiger charge is -2.10. The van der Waals surface area contributed by atoms with Gasteiger partial charge in [-0.25, -0.2) is 0 Å². The highest BCUT2D eigenvalue weighted by Crippen LogP contribution is 2.28. The Balaban J connectivity index is 1.82. The number of hydrogen-bond acceptors (Lipinski definition) is 4. The van der Waals surface area contributed by atoms with E-state index in [4.69, 9.17) is 16.3 Å². The zero-order valence-corrected chi connectivity index (χ0v) is 15.1. The van der Waals surface area contributed by atoms with E-state index in [9.17, 15) is 0 Å². The fraction of sp³-hybridized carbons (Fsp3) is 0.222. The lowest BCUT2D eigenvalue weighted by Crippen LogP contribution is -2.00. The Hall–Kier alpha value is -1.98. The molecule has 0 radical (unpaired) electrons. The highest BCUT2D eigenvalue weighted by atomic mass is 35.5. The second-order valence-corrected chi connectivity index (χ2v) is 6.52. The van der Waals surface area contributed by atoms with Crippen LogP contribution in [0.2, 0.25) is 5.02 Å². The minimum absolute atomic E-state index is 0.657. The second-order valence-electron chi connectivity index (χ2n) is 5.17. The highest BCUT2D eigenvalue weighted by Gasteiger charge is 2.12. The van der Waals surface area contributed by atoms with E-state index in [1.807, 2.05) is 66.9 Å². The zero-order chi connectivity index (χ0) is 16.9. The average molecular weight is 360 g/mol. The molecule has 0 aliphatic heterocycles. The molecule has 3 aromatic rings. The smallest absolute Gasteiger partial charge is 0.196 e. The number of hydrogen-bond donors (Lipinski definition) is 0. The van der Waals surface area contributed by atoms with Crippen LogP contribution in [0, 0.1) is 6.92 Å². The lowest BCUT2D eigenvalue weighted by atomic mass is 10.2. The highest BCUT2D eigenvalue weighted by molar-refractivity contribution is 7.98. The molecule has 0 amide bonds. The van der Waals surface area contributed by atoms with E-state index in [2.05, 4.69) is 10.2 Å². The monoisotopic (exact) mass is 359 g/mol. The Kier molecular flexibility index (Phi) is 5.43. The molecule has 1 aromatic heterocycles. The summed E-state index contributed by atoms with van der Waals surface area (Å²) >= 11 is 7.85. The van der Waals surface area contributed by atoms with Gasteiger partial charge in [0, 0.05) is 16.5 Å². The maximum atomic E-state index is 6.23. The first-order valence-corrected chi connectivity index (χ1v) is 9.07. The molecule has 0 N–H and O–H groups in total. The van der Waals surface area contributed by atoms with Crippen LogP contribution < -0.4 is 4.74 Å². The van der Waals surface area contributed by atoms with Gasteiger partial charge >= 0.3 is 0 Å². The molecule has 0 spiro atoms. The van der Waals surface area contributed by atoms with Crippen LogP contribution in [0.25, 0.3) is 5.69 Å². The summed E-state index contributed by atoms with van der Waals surface area (Å²) in [7, 11) is 0. The van der Waals surface area contributed by atoms with Crippen molar-refractivity contribution < 1.29 is 4.74 Å². The Morgan fingerprint density at radius 1 is 1.08 bits per heavy atom. The third-order valence-electron chi connectivity index (χ3n) is 3.52. The van der Waals surface area contributed by atoms with Gasteiger partial charge in [-0.2, -0.15) is 0 Å². The van der Waals surface area contributed by atoms with Gasteiger partial charge in [-0.15, -0.1) is 10.2 Å². The van der Waals surface area contributed by atoms with Crippen molar-refractivity contribution in [3.05, 3.63) is 64.9 Å². The Morgan fingerprint density at radius 3 is 2.54 bits per heavy atom. The molecule has 0 fully saturated rings. The first kappa shape index (κ1) is 16.9. The van der Waals surface area contributed by atoms with Gasteiger partial charge in [-0.1, -0.05) is 41.6 Å². The molecule has 0 bridgehead atoms. The molecule has 2 aromatic carbocycles. The number of ether oxygens (including phenoxy) is 1.